The van der Waals surface area contributed by atoms with Crippen LogP contribution in [0.1, 0.15) is 36.2 Å². The standard InChI is InChI=1S/C18H21FN2S/c1-13-12-17(18(22)20-10-4-3-5-11-20)14(2)21(13)16-8-6-15(19)7-9-16/h6-9,12H,3-5,10-11H2,1-2H3. The number of piperidine rings is 1. The molecule has 0 amide bonds. The molecule has 2 heterocycles. The molecule has 0 spiro atoms. The fourth-order valence-electron chi connectivity index (χ4n) is 3.23. The second-order valence-corrected chi connectivity index (χ2v) is 6.34. The number of hydrogen-bond acceptors (Lipinski definition) is 1. The molecule has 1 aliphatic heterocycles. The SMILES string of the molecule is Cc1cc(C(=S)N2CCCCC2)c(C)n1-c1ccc(F)cc1. The predicted molar refractivity (Wildman–Crippen MR) is 92.3 cm³/mol. The molecule has 22 heavy (non-hydrogen) atoms. The zero-order valence-corrected chi connectivity index (χ0v) is 13.9. The molecular weight excluding hydrogens is 295 g/mol. The van der Waals surface area contributed by atoms with Crippen molar-refractivity contribution in [1.82, 2.24) is 9.47 Å². The minimum absolute atomic E-state index is 0.213. The van der Waals surface area contributed by atoms with Crippen LogP contribution in [0.3, 0.4) is 0 Å². The fourth-order valence-corrected chi connectivity index (χ4v) is 3.62. The lowest BCUT2D eigenvalue weighted by Gasteiger charge is -2.29. The molecule has 1 saturated heterocycles. The van der Waals surface area contributed by atoms with Crippen LogP contribution in [0, 0.1) is 19.7 Å². The summed E-state index contributed by atoms with van der Waals surface area (Å²) in [6.07, 6.45) is 3.74. The molecule has 0 aliphatic carbocycles. The average molecular weight is 316 g/mol. The van der Waals surface area contributed by atoms with E-state index in [0.717, 1.165) is 40.7 Å². The average Bonchev–Trinajstić information content (AvgIpc) is 2.83. The lowest BCUT2D eigenvalue weighted by Crippen LogP contribution is -2.35. The lowest BCUT2D eigenvalue weighted by atomic mass is 10.1. The van der Waals surface area contributed by atoms with E-state index in [0.29, 0.717) is 0 Å². The summed E-state index contributed by atoms with van der Waals surface area (Å²) < 4.78 is 15.3. The third kappa shape index (κ3) is 2.80. The Morgan fingerprint density at radius 1 is 1.05 bits per heavy atom. The van der Waals surface area contributed by atoms with Gasteiger partial charge in [0.2, 0.25) is 0 Å². The van der Waals surface area contributed by atoms with E-state index < -0.39 is 0 Å². The molecule has 116 valence electrons. The van der Waals surface area contributed by atoms with E-state index in [-0.39, 0.29) is 5.82 Å². The Morgan fingerprint density at radius 2 is 1.68 bits per heavy atom. The van der Waals surface area contributed by atoms with E-state index in [9.17, 15) is 4.39 Å². The summed E-state index contributed by atoms with van der Waals surface area (Å²) in [5.41, 5.74) is 4.35. The van der Waals surface area contributed by atoms with E-state index in [2.05, 4.69) is 29.4 Å². The van der Waals surface area contributed by atoms with Gasteiger partial charge in [-0.25, -0.2) is 4.39 Å². The molecule has 0 bridgehead atoms. The number of aromatic nitrogens is 1. The number of aryl methyl sites for hydroxylation is 1. The van der Waals surface area contributed by atoms with Crippen LogP contribution in [-0.4, -0.2) is 27.5 Å². The van der Waals surface area contributed by atoms with E-state index in [1.807, 2.05) is 12.1 Å². The maximum absolute atomic E-state index is 13.1. The van der Waals surface area contributed by atoms with Crippen LogP contribution in [0.25, 0.3) is 5.69 Å². The van der Waals surface area contributed by atoms with Crippen LogP contribution in [0.4, 0.5) is 4.39 Å². The van der Waals surface area contributed by atoms with Gasteiger partial charge in [-0.15, -0.1) is 0 Å². The van der Waals surface area contributed by atoms with Gasteiger partial charge in [0.05, 0.1) is 0 Å². The van der Waals surface area contributed by atoms with Crippen molar-refractivity contribution >= 4 is 17.2 Å². The van der Waals surface area contributed by atoms with Crippen molar-refractivity contribution in [3.8, 4) is 5.69 Å². The van der Waals surface area contributed by atoms with Crippen molar-refractivity contribution in [2.45, 2.75) is 33.1 Å². The molecule has 1 aliphatic rings. The van der Waals surface area contributed by atoms with Crippen LogP contribution >= 0.6 is 12.2 Å². The van der Waals surface area contributed by atoms with Gasteiger partial charge in [0, 0.05) is 35.7 Å². The van der Waals surface area contributed by atoms with Gasteiger partial charge in [-0.2, -0.15) is 0 Å². The number of rotatable bonds is 2. The molecule has 0 saturated carbocycles. The molecule has 2 aromatic rings. The Bertz CT molecular complexity index is 682. The summed E-state index contributed by atoms with van der Waals surface area (Å²) >= 11 is 5.72. The Morgan fingerprint density at radius 3 is 2.32 bits per heavy atom. The normalized spacial score (nSPS) is 15.1. The number of benzene rings is 1. The largest absolute Gasteiger partial charge is 0.362 e. The molecule has 0 unspecified atom stereocenters. The number of thiocarbonyl (C=S) groups is 1. The van der Waals surface area contributed by atoms with Gasteiger partial charge in [-0.05, 0) is 63.4 Å². The van der Waals surface area contributed by atoms with Crippen LogP contribution in [-0.2, 0) is 0 Å². The Balaban J connectivity index is 1.95. The van der Waals surface area contributed by atoms with Crippen LogP contribution in [0.15, 0.2) is 30.3 Å². The Kier molecular flexibility index (Phi) is 4.30. The Hall–Kier alpha value is -1.68. The summed E-state index contributed by atoms with van der Waals surface area (Å²) in [4.78, 5) is 3.26. The molecule has 2 nitrogen and oxygen atoms in total. The molecular formula is C18H21FN2S. The van der Waals surface area contributed by atoms with Crippen molar-refractivity contribution in [3.05, 3.63) is 53.1 Å². The van der Waals surface area contributed by atoms with Gasteiger partial charge < -0.3 is 9.47 Å². The predicted octanol–water partition coefficient (Wildman–Crippen LogP) is 4.39. The minimum atomic E-state index is -0.213. The van der Waals surface area contributed by atoms with Gasteiger partial charge >= 0.3 is 0 Å². The van der Waals surface area contributed by atoms with Gasteiger partial charge in [0.25, 0.3) is 0 Å². The van der Waals surface area contributed by atoms with E-state index in [4.69, 9.17) is 12.2 Å². The monoisotopic (exact) mass is 316 g/mol. The summed E-state index contributed by atoms with van der Waals surface area (Å²) in [5.74, 6) is -0.213. The van der Waals surface area contributed by atoms with E-state index in [1.54, 1.807) is 0 Å². The fraction of sp³-hybridized carbons (Fsp3) is 0.389. The highest BCUT2D eigenvalue weighted by Gasteiger charge is 2.20. The zero-order valence-electron chi connectivity index (χ0n) is 13.1. The number of likely N-dealkylation sites (tertiary alicyclic amines) is 1. The van der Waals surface area contributed by atoms with Gasteiger partial charge in [0.1, 0.15) is 10.8 Å². The second kappa shape index (κ2) is 6.21. The first-order chi connectivity index (χ1) is 10.6. The van der Waals surface area contributed by atoms with Gasteiger partial charge in [-0.3, -0.25) is 0 Å². The molecule has 0 atom stereocenters. The van der Waals surface area contributed by atoms with Crippen molar-refractivity contribution in [2.75, 3.05) is 13.1 Å². The van der Waals surface area contributed by atoms with Crippen molar-refractivity contribution < 1.29 is 4.39 Å². The minimum Gasteiger partial charge on any atom is -0.362 e. The van der Waals surface area contributed by atoms with Gasteiger partial charge in [0.15, 0.2) is 0 Å². The quantitative estimate of drug-likeness (QED) is 0.759. The van der Waals surface area contributed by atoms with Gasteiger partial charge in [-0.1, -0.05) is 12.2 Å². The number of nitrogens with zero attached hydrogens (tertiary/aromatic N) is 2. The first kappa shape index (κ1) is 15.2. The first-order valence-electron chi connectivity index (χ1n) is 7.82. The number of halogens is 1. The third-order valence-corrected chi connectivity index (χ3v) is 4.87. The summed E-state index contributed by atoms with van der Waals surface area (Å²) in [6.45, 7) is 6.26. The lowest BCUT2D eigenvalue weighted by molar-refractivity contribution is 0.347. The maximum atomic E-state index is 13.1. The van der Waals surface area contributed by atoms with Crippen LogP contribution in [0.5, 0.6) is 0 Å². The van der Waals surface area contributed by atoms with Crippen LogP contribution < -0.4 is 0 Å². The smallest absolute Gasteiger partial charge is 0.123 e. The summed E-state index contributed by atoms with van der Waals surface area (Å²) in [7, 11) is 0. The van der Waals surface area contributed by atoms with Crippen LogP contribution in [0.2, 0.25) is 0 Å². The van der Waals surface area contributed by atoms with Crippen molar-refractivity contribution in [3.63, 3.8) is 0 Å². The Labute approximate surface area is 136 Å². The highest BCUT2D eigenvalue weighted by atomic mass is 32.1. The highest BCUT2D eigenvalue weighted by Crippen LogP contribution is 2.24. The summed E-state index contributed by atoms with van der Waals surface area (Å²) in [5, 5.41) is 0. The molecule has 3 rings (SSSR count). The first-order valence-corrected chi connectivity index (χ1v) is 8.23. The third-order valence-electron chi connectivity index (χ3n) is 4.39. The molecule has 1 fully saturated rings. The molecule has 0 N–H and O–H groups in total. The van der Waals surface area contributed by atoms with Crippen molar-refractivity contribution in [2.24, 2.45) is 0 Å². The van der Waals surface area contributed by atoms with E-state index >= 15 is 0 Å². The zero-order chi connectivity index (χ0) is 15.7. The molecule has 0 radical (unpaired) electrons. The highest BCUT2D eigenvalue weighted by molar-refractivity contribution is 7.80. The molecule has 1 aromatic heterocycles. The maximum Gasteiger partial charge on any atom is 0.123 e. The van der Waals surface area contributed by atoms with Crippen molar-refractivity contribution in [1.29, 1.82) is 0 Å². The molecule has 1 aromatic carbocycles. The number of hydrogen-bond donors (Lipinski definition) is 0. The van der Waals surface area contributed by atoms with E-state index in [1.165, 1.54) is 31.4 Å². The molecule has 4 heteroatoms. The summed E-state index contributed by atoms with van der Waals surface area (Å²) in [6, 6.07) is 8.76. The topological polar surface area (TPSA) is 8.17 Å². The second-order valence-electron chi connectivity index (χ2n) is 5.95.